The minimum atomic E-state index is -0.872. The number of hydrogen-bond acceptors (Lipinski definition) is 4. The van der Waals surface area contributed by atoms with Crippen molar-refractivity contribution >= 4 is 11.6 Å². The van der Waals surface area contributed by atoms with Gasteiger partial charge in [-0.1, -0.05) is 34.9 Å². The zero-order chi connectivity index (χ0) is 25.2. The summed E-state index contributed by atoms with van der Waals surface area (Å²) in [6, 6.07) is 0. The van der Waals surface area contributed by atoms with Gasteiger partial charge in [0.15, 0.2) is 11.6 Å². The van der Waals surface area contributed by atoms with Gasteiger partial charge in [0.1, 0.15) is 0 Å². The van der Waals surface area contributed by atoms with Gasteiger partial charge in [0.05, 0.1) is 5.60 Å². The van der Waals surface area contributed by atoms with Gasteiger partial charge in [-0.3, -0.25) is 9.59 Å². The number of carbonyl (C=O) groups excluding carboxylic acids is 2. The monoisotopic (exact) mass is 455 g/mol. The van der Waals surface area contributed by atoms with Crippen LogP contribution in [0.4, 0.5) is 0 Å². The molecule has 0 spiro atoms. The van der Waals surface area contributed by atoms with E-state index in [-0.39, 0.29) is 11.6 Å². The first-order valence-corrected chi connectivity index (χ1v) is 12.3. The predicted octanol–water partition coefficient (Wildman–Crippen LogP) is 6.46. The summed E-state index contributed by atoms with van der Waals surface area (Å²) in [5, 5.41) is 10.8. The maximum atomic E-state index is 12.6. The van der Waals surface area contributed by atoms with Crippen molar-refractivity contribution in [1.29, 1.82) is 0 Å². The van der Waals surface area contributed by atoms with Crippen LogP contribution < -0.4 is 5.73 Å². The number of hydrogen-bond donors (Lipinski definition) is 2. The summed E-state index contributed by atoms with van der Waals surface area (Å²) < 4.78 is 0. The Hall–Kier alpha value is -2.04. The molecular weight excluding hydrogens is 410 g/mol. The van der Waals surface area contributed by atoms with E-state index in [4.69, 9.17) is 5.73 Å². The standard InChI is InChI=1S/C29H45NO3/c1-20(13-9-14-22(3)19-30)11-8-12-21(2)15-10-17-29(7,33)18-16-26-25(6)27(31)23(4)24(5)28(26)32/h11,14-15,33H,8-10,12-13,16-19,30H2,1-7H3/b20-11+,21-15+,22-14+. The summed E-state index contributed by atoms with van der Waals surface area (Å²) in [6.45, 7) is 14.0. The molecule has 0 bridgehead atoms. The Kier molecular flexibility index (Phi) is 12.0. The first-order valence-electron chi connectivity index (χ1n) is 12.3. The number of aliphatic hydroxyl groups is 1. The smallest absolute Gasteiger partial charge is 0.185 e. The molecule has 1 unspecified atom stereocenters. The largest absolute Gasteiger partial charge is 0.390 e. The Labute approximate surface area is 201 Å². The molecule has 0 saturated heterocycles. The molecule has 0 amide bonds. The van der Waals surface area contributed by atoms with Crippen LogP contribution in [0.15, 0.2) is 57.2 Å². The fraction of sp³-hybridized carbons (Fsp3) is 0.586. The van der Waals surface area contributed by atoms with Gasteiger partial charge in [-0.25, -0.2) is 0 Å². The Bertz CT molecular complexity index is 879. The second kappa shape index (κ2) is 13.6. The maximum absolute atomic E-state index is 12.6. The highest BCUT2D eigenvalue weighted by Crippen LogP contribution is 2.30. The van der Waals surface area contributed by atoms with Gasteiger partial charge in [0.25, 0.3) is 0 Å². The summed E-state index contributed by atoms with van der Waals surface area (Å²) in [7, 11) is 0. The molecule has 4 nitrogen and oxygen atoms in total. The molecule has 0 radical (unpaired) electrons. The summed E-state index contributed by atoms with van der Waals surface area (Å²) in [5.74, 6) is -0.100. The highest BCUT2D eigenvalue weighted by Gasteiger charge is 2.29. The van der Waals surface area contributed by atoms with Crippen molar-refractivity contribution in [3.8, 4) is 0 Å². The van der Waals surface area contributed by atoms with Crippen LogP contribution in [0.5, 0.6) is 0 Å². The minimum absolute atomic E-state index is 0.0493. The molecule has 0 aromatic rings. The van der Waals surface area contributed by atoms with Crippen molar-refractivity contribution in [1.82, 2.24) is 0 Å². The van der Waals surface area contributed by atoms with Gasteiger partial charge in [-0.15, -0.1) is 0 Å². The average Bonchev–Trinajstić information content (AvgIpc) is 2.76. The molecule has 1 aliphatic carbocycles. The first kappa shape index (κ1) is 29.0. The van der Waals surface area contributed by atoms with Gasteiger partial charge in [-0.2, -0.15) is 0 Å². The van der Waals surface area contributed by atoms with Crippen LogP contribution in [0.1, 0.15) is 99.8 Å². The van der Waals surface area contributed by atoms with E-state index in [1.807, 2.05) is 6.92 Å². The topological polar surface area (TPSA) is 80.4 Å². The van der Waals surface area contributed by atoms with E-state index < -0.39 is 5.60 Å². The summed E-state index contributed by atoms with van der Waals surface area (Å²) in [4.78, 5) is 24.9. The van der Waals surface area contributed by atoms with Crippen molar-refractivity contribution in [2.24, 2.45) is 5.73 Å². The van der Waals surface area contributed by atoms with Crippen LogP contribution >= 0.6 is 0 Å². The highest BCUT2D eigenvalue weighted by molar-refractivity contribution is 6.24. The second-order valence-electron chi connectivity index (χ2n) is 9.98. The van der Waals surface area contributed by atoms with Gasteiger partial charge in [-0.05, 0) is 99.8 Å². The summed E-state index contributed by atoms with van der Waals surface area (Å²) in [6.07, 6.45) is 13.2. The summed E-state index contributed by atoms with van der Waals surface area (Å²) >= 11 is 0. The van der Waals surface area contributed by atoms with Crippen LogP contribution in [-0.2, 0) is 9.59 Å². The number of carbonyl (C=O) groups is 2. The Morgan fingerprint density at radius 1 is 0.788 bits per heavy atom. The first-order chi connectivity index (χ1) is 15.4. The number of ketones is 2. The molecule has 0 aromatic heterocycles. The van der Waals surface area contributed by atoms with Gasteiger partial charge >= 0.3 is 0 Å². The molecule has 0 heterocycles. The van der Waals surface area contributed by atoms with Crippen LogP contribution in [0.2, 0.25) is 0 Å². The van der Waals surface area contributed by atoms with E-state index >= 15 is 0 Å². The molecule has 184 valence electrons. The highest BCUT2D eigenvalue weighted by atomic mass is 16.3. The lowest BCUT2D eigenvalue weighted by Gasteiger charge is -2.25. The molecule has 1 atom stereocenters. The molecule has 0 aliphatic heterocycles. The lowest BCUT2D eigenvalue weighted by molar-refractivity contribution is -0.116. The van der Waals surface area contributed by atoms with E-state index in [9.17, 15) is 14.7 Å². The van der Waals surface area contributed by atoms with E-state index in [1.54, 1.807) is 20.8 Å². The molecule has 4 heteroatoms. The number of nitrogens with two attached hydrogens (primary N) is 1. The lowest BCUT2D eigenvalue weighted by atomic mass is 9.82. The summed E-state index contributed by atoms with van der Waals surface area (Å²) in [5.41, 5.74) is 10.9. The van der Waals surface area contributed by atoms with Crippen LogP contribution in [0.25, 0.3) is 0 Å². The molecule has 0 fully saturated rings. The van der Waals surface area contributed by atoms with Crippen LogP contribution in [0.3, 0.4) is 0 Å². The van der Waals surface area contributed by atoms with Gasteiger partial charge in [0, 0.05) is 28.8 Å². The Morgan fingerprint density at radius 2 is 1.27 bits per heavy atom. The SMILES string of the molecule is CC1=C(C)C(=O)C(CCC(C)(O)CC/C=C(\C)CC/C=C(\C)CC/C=C(\C)CN)=C(C)C1=O. The molecule has 3 N–H and O–H groups in total. The second-order valence-corrected chi connectivity index (χ2v) is 9.98. The van der Waals surface area contributed by atoms with Crippen molar-refractivity contribution in [3.63, 3.8) is 0 Å². The average molecular weight is 456 g/mol. The third-order valence-corrected chi connectivity index (χ3v) is 6.79. The third-order valence-electron chi connectivity index (χ3n) is 6.79. The van der Waals surface area contributed by atoms with Crippen LogP contribution in [0, 0.1) is 0 Å². The molecule has 0 aromatic carbocycles. The van der Waals surface area contributed by atoms with Crippen molar-refractivity contribution in [2.75, 3.05) is 6.54 Å². The molecule has 0 saturated carbocycles. The van der Waals surface area contributed by atoms with E-state index in [2.05, 4.69) is 39.0 Å². The van der Waals surface area contributed by atoms with Crippen LogP contribution in [-0.4, -0.2) is 28.8 Å². The molecule has 33 heavy (non-hydrogen) atoms. The quantitative estimate of drug-likeness (QED) is 0.247. The molecule has 1 aliphatic rings. The maximum Gasteiger partial charge on any atom is 0.185 e. The Balaban J connectivity index is 2.47. The lowest BCUT2D eigenvalue weighted by Crippen LogP contribution is -2.26. The molecule has 1 rings (SSSR count). The third kappa shape index (κ3) is 9.77. The van der Waals surface area contributed by atoms with Crippen molar-refractivity contribution in [3.05, 3.63) is 57.2 Å². The fourth-order valence-corrected chi connectivity index (χ4v) is 3.99. The fourth-order valence-electron chi connectivity index (χ4n) is 3.99. The van der Waals surface area contributed by atoms with Gasteiger partial charge in [0.2, 0.25) is 0 Å². The number of allylic oxidation sites excluding steroid dienone is 9. The molecular formula is C29H45NO3. The van der Waals surface area contributed by atoms with Crippen molar-refractivity contribution in [2.45, 2.75) is 105 Å². The zero-order valence-electron chi connectivity index (χ0n) is 21.9. The predicted molar refractivity (Wildman–Crippen MR) is 139 cm³/mol. The normalized spacial score (nSPS) is 18.4. The Morgan fingerprint density at radius 3 is 1.82 bits per heavy atom. The van der Waals surface area contributed by atoms with Gasteiger partial charge < -0.3 is 10.8 Å². The zero-order valence-corrected chi connectivity index (χ0v) is 21.9. The van der Waals surface area contributed by atoms with Crippen molar-refractivity contribution < 1.29 is 14.7 Å². The number of Topliss-reactive ketones (excluding diaryl/α,β-unsaturated/α-hetero) is 2. The van der Waals surface area contributed by atoms with E-state index in [0.29, 0.717) is 48.1 Å². The number of rotatable bonds is 13. The minimum Gasteiger partial charge on any atom is -0.390 e. The van der Waals surface area contributed by atoms with E-state index in [0.717, 1.165) is 32.1 Å². The van der Waals surface area contributed by atoms with E-state index in [1.165, 1.54) is 16.7 Å².